The molecule has 0 aromatic carbocycles. The first kappa shape index (κ1) is 52.4. The molecule has 0 radical (unpaired) electrons. The van der Waals surface area contributed by atoms with Crippen LogP contribution in [0.25, 0.3) is 0 Å². The predicted molar refractivity (Wildman–Crippen MR) is 229 cm³/mol. The molecule has 0 amide bonds. The van der Waals surface area contributed by atoms with Crippen LogP contribution >= 0.6 is 0 Å². The largest absolute Gasteiger partial charge is 0.462 e. The number of unbranched alkanes of at least 4 members (excludes halogenated alkanes) is 23. The van der Waals surface area contributed by atoms with E-state index in [0.717, 1.165) is 75.5 Å². The summed E-state index contributed by atoms with van der Waals surface area (Å²) >= 11 is 0. The molecule has 0 saturated heterocycles. The van der Waals surface area contributed by atoms with E-state index in [2.05, 4.69) is 41.5 Å². The molecule has 6 nitrogen and oxygen atoms in total. The van der Waals surface area contributed by atoms with Crippen molar-refractivity contribution in [1.29, 1.82) is 0 Å². The van der Waals surface area contributed by atoms with Gasteiger partial charge < -0.3 is 14.2 Å². The Bertz CT molecular complexity index is 839. The van der Waals surface area contributed by atoms with Gasteiger partial charge in [0.1, 0.15) is 13.2 Å². The lowest BCUT2D eigenvalue weighted by atomic mass is 9.99. The van der Waals surface area contributed by atoms with Gasteiger partial charge in [-0.05, 0) is 37.0 Å². The van der Waals surface area contributed by atoms with Crippen LogP contribution in [0.4, 0.5) is 0 Å². The SMILES string of the molecule is CCC(C)CCCCCCCCCCC(=O)OC[C@H](COC(=O)CCCCCCCCCCCCCC(C)C)OC(=O)CCCCCCCCCC(C)C. The summed E-state index contributed by atoms with van der Waals surface area (Å²) in [5.74, 6) is 1.59. The third kappa shape index (κ3) is 40.1. The molecule has 0 bridgehead atoms. The van der Waals surface area contributed by atoms with E-state index in [4.69, 9.17) is 14.2 Å². The van der Waals surface area contributed by atoms with Crippen molar-refractivity contribution in [2.45, 2.75) is 260 Å². The smallest absolute Gasteiger partial charge is 0.306 e. The standard InChI is InChI=1S/C48H92O6/c1-7-44(6)36-30-24-18-13-14-20-26-32-38-47(50)53-41-45(54-48(51)39-33-27-21-15-17-23-29-35-43(4)5)40-52-46(49)37-31-25-19-12-10-8-9-11-16-22-28-34-42(2)3/h42-45H,7-41H2,1-6H3/t44?,45-/m0/s1. The van der Waals surface area contributed by atoms with E-state index in [1.807, 2.05) is 0 Å². The lowest BCUT2D eigenvalue weighted by Gasteiger charge is -2.18. The van der Waals surface area contributed by atoms with Crippen molar-refractivity contribution in [3.05, 3.63) is 0 Å². The summed E-state index contributed by atoms with van der Waals surface area (Å²) in [5.41, 5.74) is 0. The molecule has 0 aliphatic carbocycles. The number of ether oxygens (including phenoxy) is 3. The van der Waals surface area contributed by atoms with Crippen molar-refractivity contribution < 1.29 is 28.6 Å². The molecule has 0 fully saturated rings. The van der Waals surface area contributed by atoms with E-state index < -0.39 is 6.10 Å². The zero-order valence-corrected chi connectivity index (χ0v) is 37.0. The van der Waals surface area contributed by atoms with Gasteiger partial charge in [0.25, 0.3) is 0 Å². The summed E-state index contributed by atoms with van der Waals surface area (Å²) in [6, 6.07) is 0. The first-order valence-electron chi connectivity index (χ1n) is 23.6. The van der Waals surface area contributed by atoms with Crippen molar-refractivity contribution in [2.24, 2.45) is 17.8 Å². The minimum absolute atomic E-state index is 0.0664. The van der Waals surface area contributed by atoms with Gasteiger partial charge in [-0.25, -0.2) is 0 Å². The molecule has 0 spiro atoms. The van der Waals surface area contributed by atoms with Gasteiger partial charge in [0.2, 0.25) is 0 Å². The fourth-order valence-electron chi connectivity index (χ4n) is 7.02. The molecule has 0 aliphatic rings. The highest BCUT2D eigenvalue weighted by molar-refractivity contribution is 5.71. The minimum Gasteiger partial charge on any atom is -0.462 e. The molecule has 0 aromatic rings. The zero-order chi connectivity index (χ0) is 39.9. The van der Waals surface area contributed by atoms with Crippen molar-refractivity contribution in [3.8, 4) is 0 Å². The third-order valence-electron chi connectivity index (χ3n) is 11.0. The van der Waals surface area contributed by atoms with Crippen LogP contribution < -0.4 is 0 Å². The van der Waals surface area contributed by atoms with Gasteiger partial charge in [-0.15, -0.1) is 0 Å². The fraction of sp³-hybridized carbons (Fsp3) is 0.938. The van der Waals surface area contributed by atoms with E-state index in [1.165, 1.54) is 135 Å². The second-order valence-corrected chi connectivity index (χ2v) is 17.6. The average molecular weight is 765 g/mol. The summed E-state index contributed by atoms with van der Waals surface area (Å²) in [4.78, 5) is 37.7. The summed E-state index contributed by atoms with van der Waals surface area (Å²) in [7, 11) is 0. The number of rotatable bonds is 41. The molecular weight excluding hydrogens is 673 g/mol. The fourth-order valence-corrected chi connectivity index (χ4v) is 7.02. The van der Waals surface area contributed by atoms with E-state index in [1.54, 1.807) is 0 Å². The molecule has 0 rings (SSSR count). The molecule has 0 N–H and O–H groups in total. The Morgan fingerprint density at radius 3 is 0.963 bits per heavy atom. The van der Waals surface area contributed by atoms with Gasteiger partial charge in [-0.1, -0.05) is 215 Å². The van der Waals surface area contributed by atoms with Crippen molar-refractivity contribution in [2.75, 3.05) is 13.2 Å². The molecule has 0 heterocycles. The normalized spacial score (nSPS) is 12.7. The summed E-state index contributed by atoms with van der Waals surface area (Å²) in [6.45, 7) is 13.6. The molecule has 0 aliphatic heterocycles. The summed E-state index contributed by atoms with van der Waals surface area (Å²) in [5, 5.41) is 0. The molecular formula is C48H92O6. The van der Waals surface area contributed by atoms with Crippen molar-refractivity contribution in [1.82, 2.24) is 0 Å². The molecule has 1 unspecified atom stereocenters. The van der Waals surface area contributed by atoms with Crippen LogP contribution in [0.15, 0.2) is 0 Å². The van der Waals surface area contributed by atoms with Crippen LogP contribution in [0.3, 0.4) is 0 Å². The summed E-state index contributed by atoms with van der Waals surface area (Å²) < 4.78 is 16.7. The van der Waals surface area contributed by atoms with Gasteiger partial charge in [0.05, 0.1) is 0 Å². The average Bonchev–Trinajstić information content (AvgIpc) is 3.14. The van der Waals surface area contributed by atoms with Crippen LogP contribution in [-0.4, -0.2) is 37.2 Å². The van der Waals surface area contributed by atoms with Crippen LogP contribution in [-0.2, 0) is 28.6 Å². The topological polar surface area (TPSA) is 78.9 Å². The lowest BCUT2D eigenvalue weighted by Crippen LogP contribution is -2.30. The highest BCUT2D eigenvalue weighted by Crippen LogP contribution is 2.17. The molecule has 54 heavy (non-hydrogen) atoms. The van der Waals surface area contributed by atoms with E-state index in [9.17, 15) is 14.4 Å². The van der Waals surface area contributed by atoms with Gasteiger partial charge in [-0.3, -0.25) is 14.4 Å². The first-order valence-corrected chi connectivity index (χ1v) is 23.6. The van der Waals surface area contributed by atoms with Crippen molar-refractivity contribution >= 4 is 17.9 Å². The van der Waals surface area contributed by atoms with Crippen LogP contribution in [0, 0.1) is 17.8 Å². The van der Waals surface area contributed by atoms with Crippen molar-refractivity contribution in [3.63, 3.8) is 0 Å². The third-order valence-corrected chi connectivity index (χ3v) is 11.0. The molecule has 320 valence electrons. The molecule has 6 heteroatoms. The maximum atomic E-state index is 12.7. The van der Waals surface area contributed by atoms with Crippen LogP contribution in [0.1, 0.15) is 253 Å². The number of hydrogen-bond acceptors (Lipinski definition) is 6. The van der Waals surface area contributed by atoms with E-state index in [0.29, 0.717) is 19.3 Å². The summed E-state index contributed by atoms with van der Waals surface area (Å²) in [6.07, 6.45) is 36.6. The number of carbonyl (C=O) groups excluding carboxylic acids is 3. The number of carbonyl (C=O) groups is 3. The first-order chi connectivity index (χ1) is 26.1. The predicted octanol–water partition coefficient (Wildman–Crippen LogP) is 14.8. The lowest BCUT2D eigenvalue weighted by molar-refractivity contribution is -0.167. The second kappa shape index (κ2) is 39.6. The Balaban J connectivity index is 4.33. The van der Waals surface area contributed by atoms with Gasteiger partial charge >= 0.3 is 17.9 Å². The Labute approximate surface area is 336 Å². The molecule has 0 aromatic heterocycles. The maximum absolute atomic E-state index is 12.7. The second-order valence-electron chi connectivity index (χ2n) is 17.6. The van der Waals surface area contributed by atoms with Gasteiger partial charge in [0, 0.05) is 19.3 Å². The van der Waals surface area contributed by atoms with Crippen LogP contribution in [0.5, 0.6) is 0 Å². The van der Waals surface area contributed by atoms with E-state index >= 15 is 0 Å². The highest BCUT2D eigenvalue weighted by atomic mass is 16.6. The monoisotopic (exact) mass is 765 g/mol. The zero-order valence-electron chi connectivity index (χ0n) is 37.0. The quantitative estimate of drug-likeness (QED) is 0.0350. The maximum Gasteiger partial charge on any atom is 0.306 e. The Hall–Kier alpha value is -1.59. The van der Waals surface area contributed by atoms with E-state index in [-0.39, 0.29) is 31.1 Å². The highest BCUT2D eigenvalue weighted by Gasteiger charge is 2.19. The number of hydrogen-bond donors (Lipinski definition) is 0. The van der Waals surface area contributed by atoms with Gasteiger partial charge in [0.15, 0.2) is 6.10 Å². The molecule has 2 atom stereocenters. The molecule has 0 saturated carbocycles. The minimum atomic E-state index is -0.762. The Kier molecular flexibility index (Phi) is 38.5. The van der Waals surface area contributed by atoms with Crippen LogP contribution in [0.2, 0.25) is 0 Å². The number of esters is 3. The Morgan fingerprint density at radius 1 is 0.370 bits per heavy atom. The van der Waals surface area contributed by atoms with Gasteiger partial charge in [-0.2, -0.15) is 0 Å². The Morgan fingerprint density at radius 2 is 0.648 bits per heavy atom.